The molecule has 0 bridgehead atoms. The molecule has 0 saturated carbocycles. The number of aromatic nitrogens is 2. The Balaban J connectivity index is 2.41. The van der Waals surface area contributed by atoms with Crippen LogP contribution in [0.15, 0.2) is 12.1 Å². The zero-order valence-corrected chi connectivity index (χ0v) is 12.6. The molecular formula is C13H24N4S. The Labute approximate surface area is 115 Å². The van der Waals surface area contributed by atoms with Crippen LogP contribution in [0.4, 0.5) is 5.82 Å². The fourth-order valence-corrected chi connectivity index (χ4v) is 1.94. The fraction of sp³-hybridized carbons (Fsp3) is 0.692. The third-order valence-electron chi connectivity index (χ3n) is 2.59. The molecule has 5 heteroatoms. The van der Waals surface area contributed by atoms with Gasteiger partial charge in [-0.15, -0.1) is 5.10 Å². The Hall–Kier alpha value is -0.810. The summed E-state index contributed by atoms with van der Waals surface area (Å²) in [7, 11) is 2.05. The highest BCUT2D eigenvalue weighted by atomic mass is 32.2. The molecule has 0 aliphatic rings. The molecular weight excluding hydrogens is 244 g/mol. The summed E-state index contributed by atoms with van der Waals surface area (Å²) in [5.41, 5.74) is 0.998. The van der Waals surface area contributed by atoms with Gasteiger partial charge in [-0.05, 0) is 30.9 Å². The minimum absolute atomic E-state index is 0.662. The second-order valence-corrected chi connectivity index (χ2v) is 5.81. The van der Waals surface area contributed by atoms with Crippen LogP contribution in [0.3, 0.4) is 0 Å². The standard InChI is InChI=1S/C13H24N4S/c1-11(2)9-14-10-12-5-6-13(16-15-12)17(3)7-8-18-4/h5-6,11,14H,7-10H2,1-4H3. The maximum absolute atomic E-state index is 4.26. The molecule has 1 rings (SSSR count). The lowest BCUT2D eigenvalue weighted by Crippen LogP contribution is -2.23. The normalized spacial score (nSPS) is 10.9. The van der Waals surface area contributed by atoms with E-state index in [0.29, 0.717) is 5.92 Å². The quantitative estimate of drug-likeness (QED) is 0.781. The van der Waals surface area contributed by atoms with Gasteiger partial charge < -0.3 is 10.2 Å². The first-order valence-corrected chi connectivity index (χ1v) is 7.76. The molecule has 0 spiro atoms. The minimum atomic E-state index is 0.662. The Morgan fingerprint density at radius 1 is 1.33 bits per heavy atom. The Morgan fingerprint density at radius 2 is 2.11 bits per heavy atom. The molecule has 0 fully saturated rings. The van der Waals surface area contributed by atoms with Gasteiger partial charge >= 0.3 is 0 Å². The van der Waals surface area contributed by atoms with Gasteiger partial charge in [-0.1, -0.05) is 13.8 Å². The first-order valence-electron chi connectivity index (χ1n) is 6.37. The molecule has 0 aromatic carbocycles. The second kappa shape index (κ2) is 8.32. The predicted octanol–water partition coefficient (Wildman–Crippen LogP) is 2.02. The first-order chi connectivity index (χ1) is 8.63. The first kappa shape index (κ1) is 15.2. The summed E-state index contributed by atoms with van der Waals surface area (Å²) in [5.74, 6) is 2.71. The zero-order valence-electron chi connectivity index (χ0n) is 11.8. The highest BCUT2D eigenvalue weighted by Crippen LogP contribution is 2.08. The molecule has 18 heavy (non-hydrogen) atoms. The summed E-state index contributed by atoms with van der Waals surface area (Å²) in [4.78, 5) is 2.13. The number of thioether (sulfide) groups is 1. The molecule has 1 heterocycles. The molecule has 0 amide bonds. The van der Waals surface area contributed by atoms with Crippen molar-refractivity contribution in [2.75, 3.05) is 37.0 Å². The van der Waals surface area contributed by atoms with Crippen LogP contribution in [-0.2, 0) is 6.54 Å². The third kappa shape index (κ3) is 5.69. The third-order valence-corrected chi connectivity index (χ3v) is 3.18. The van der Waals surface area contributed by atoms with Crippen LogP contribution >= 0.6 is 11.8 Å². The number of hydrogen-bond donors (Lipinski definition) is 1. The largest absolute Gasteiger partial charge is 0.357 e. The van der Waals surface area contributed by atoms with E-state index < -0.39 is 0 Å². The van der Waals surface area contributed by atoms with E-state index in [9.17, 15) is 0 Å². The monoisotopic (exact) mass is 268 g/mol. The van der Waals surface area contributed by atoms with Crippen molar-refractivity contribution in [3.63, 3.8) is 0 Å². The Morgan fingerprint density at radius 3 is 2.67 bits per heavy atom. The van der Waals surface area contributed by atoms with Crippen molar-refractivity contribution in [3.8, 4) is 0 Å². The Kier molecular flexibility index (Phi) is 7.05. The van der Waals surface area contributed by atoms with E-state index in [4.69, 9.17) is 0 Å². The molecule has 4 nitrogen and oxygen atoms in total. The average Bonchev–Trinajstić information content (AvgIpc) is 2.36. The fourth-order valence-electron chi connectivity index (χ4n) is 1.48. The number of nitrogens with one attached hydrogen (secondary N) is 1. The minimum Gasteiger partial charge on any atom is -0.357 e. The van der Waals surface area contributed by atoms with Crippen LogP contribution in [0, 0.1) is 5.92 Å². The summed E-state index contributed by atoms with van der Waals surface area (Å²) >= 11 is 1.84. The van der Waals surface area contributed by atoms with E-state index in [0.717, 1.165) is 36.9 Å². The van der Waals surface area contributed by atoms with Gasteiger partial charge in [0.1, 0.15) is 0 Å². The van der Waals surface area contributed by atoms with Crippen molar-refractivity contribution in [2.45, 2.75) is 20.4 Å². The lowest BCUT2D eigenvalue weighted by atomic mass is 10.2. The van der Waals surface area contributed by atoms with Gasteiger partial charge in [-0.25, -0.2) is 0 Å². The molecule has 0 radical (unpaired) electrons. The smallest absolute Gasteiger partial charge is 0.151 e. The van der Waals surface area contributed by atoms with E-state index in [1.165, 1.54) is 0 Å². The number of rotatable bonds is 8. The molecule has 102 valence electrons. The van der Waals surface area contributed by atoms with Crippen LogP contribution in [0.1, 0.15) is 19.5 Å². The van der Waals surface area contributed by atoms with Crippen LogP contribution < -0.4 is 10.2 Å². The SMILES string of the molecule is CSCCN(C)c1ccc(CNCC(C)C)nn1. The second-order valence-electron chi connectivity index (χ2n) is 4.82. The highest BCUT2D eigenvalue weighted by molar-refractivity contribution is 7.98. The van der Waals surface area contributed by atoms with Crippen molar-refractivity contribution >= 4 is 17.6 Å². The van der Waals surface area contributed by atoms with E-state index in [-0.39, 0.29) is 0 Å². The molecule has 0 saturated heterocycles. The van der Waals surface area contributed by atoms with Crippen molar-refractivity contribution in [1.82, 2.24) is 15.5 Å². The van der Waals surface area contributed by atoms with Gasteiger partial charge in [0.15, 0.2) is 5.82 Å². The maximum Gasteiger partial charge on any atom is 0.151 e. The summed E-state index contributed by atoms with van der Waals surface area (Å²) < 4.78 is 0. The lowest BCUT2D eigenvalue weighted by Gasteiger charge is -2.16. The van der Waals surface area contributed by atoms with Crippen molar-refractivity contribution in [2.24, 2.45) is 5.92 Å². The summed E-state index contributed by atoms with van der Waals surface area (Å²) in [6, 6.07) is 4.09. The van der Waals surface area contributed by atoms with Crippen molar-refractivity contribution < 1.29 is 0 Å². The van der Waals surface area contributed by atoms with Crippen molar-refractivity contribution in [3.05, 3.63) is 17.8 Å². The van der Waals surface area contributed by atoms with Gasteiger partial charge in [0.2, 0.25) is 0 Å². The lowest BCUT2D eigenvalue weighted by molar-refractivity contribution is 0.546. The summed E-state index contributed by atoms with van der Waals surface area (Å²) in [6.45, 7) is 7.20. The van der Waals surface area contributed by atoms with Gasteiger partial charge in [0.05, 0.1) is 5.69 Å². The Bertz CT molecular complexity index is 326. The zero-order chi connectivity index (χ0) is 13.4. The van der Waals surface area contributed by atoms with Gasteiger partial charge in [-0.2, -0.15) is 16.9 Å². The number of anilines is 1. The van der Waals surface area contributed by atoms with Crippen LogP contribution in [0.25, 0.3) is 0 Å². The maximum atomic E-state index is 4.26. The summed E-state index contributed by atoms with van der Waals surface area (Å²) in [6.07, 6.45) is 2.11. The van der Waals surface area contributed by atoms with Gasteiger partial charge in [-0.3, -0.25) is 0 Å². The van der Waals surface area contributed by atoms with E-state index in [1.54, 1.807) is 0 Å². The van der Waals surface area contributed by atoms with E-state index >= 15 is 0 Å². The number of nitrogens with zero attached hydrogens (tertiary/aromatic N) is 3. The predicted molar refractivity (Wildman–Crippen MR) is 80.2 cm³/mol. The van der Waals surface area contributed by atoms with Crippen LogP contribution in [-0.4, -0.2) is 42.3 Å². The molecule has 0 unspecified atom stereocenters. The van der Waals surface area contributed by atoms with Crippen molar-refractivity contribution in [1.29, 1.82) is 0 Å². The van der Waals surface area contributed by atoms with Crippen LogP contribution in [0.2, 0.25) is 0 Å². The topological polar surface area (TPSA) is 41.0 Å². The van der Waals surface area contributed by atoms with Crippen LogP contribution in [0.5, 0.6) is 0 Å². The average molecular weight is 268 g/mol. The highest BCUT2D eigenvalue weighted by Gasteiger charge is 2.03. The van der Waals surface area contributed by atoms with E-state index in [1.807, 2.05) is 23.9 Å². The molecule has 0 aliphatic heterocycles. The molecule has 1 aromatic heterocycles. The van der Waals surface area contributed by atoms with E-state index in [2.05, 4.69) is 47.6 Å². The molecule has 0 atom stereocenters. The molecule has 1 N–H and O–H groups in total. The summed E-state index contributed by atoms with van der Waals surface area (Å²) in [5, 5.41) is 11.9. The number of hydrogen-bond acceptors (Lipinski definition) is 5. The van der Waals surface area contributed by atoms with Gasteiger partial charge in [0, 0.05) is 25.9 Å². The van der Waals surface area contributed by atoms with Gasteiger partial charge in [0.25, 0.3) is 0 Å². The molecule has 1 aromatic rings. The molecule has 0 aliphatic carbocycles.